The lowest BCUT2D eigenvalue weighted by molar-refractivity contribution is 0.116. The molecule has 0 radical (unpaired) electrons. The molecule has 2 N–H and O–H groups in total. The zero-order valence-corrected chi connectivity index (χ0v) is 8.55. The summed E-state index contributed by atoms with van der Waals surface area (Å²) >= 11 is 0. The van der Waals surface area contributed by atoms with Gasteiger partial charge in [-0.3, -0.25) is 0 Å². The van der Waals surface area contributed by atoms with Gasteiger partial charge in [0.1, 0.15) is 0 Å². The molecule has 0 fully saturated rings. The highest BCUT2D eigenvalue weighted by atomic mass is 19.3. The van der Waals surface area contributed by atoms with E-state index in [-0.39, 0.29) is 0 Å². The molecule has 0 heterocycles. The maximum absolute atomic E-state index is 12.6. The molecule has 1 unspecified atom stereocenters. The van der Waals surface area contributed by atoms with Gasteiger partial charge in [-0.2, -0.15) is 0 Å². The molecule has 1 aliphatic rings. The lowest BCUT2D eigenvalue weighted by Gasteiger charge is -2.22. The number of rotatable bonds is 2. The van der Waals surface area contributed by atoms with Gasteiger partial charge in [0, 0.05) is 0 Å². The largest absolute Gasteiger partial charge is 0.319 e. The molecule has 0 saturated carbocycles. The quantitative estimate of drug-likeness (QED) is 0.799. The molecule has 0 saturated heterocycles. The van der Waals surface area contributed by atoms with Crippen molar-refractivity contribution in [1.29, 1.82) is 0 Å². The first kappa shape index (κ1) is 10.6. The van der Waals surface area contributed by atoms with E-state index in [1.165, 1.54) is 5.56 Å². The first-order valence-corrected chi connectivity index (χ1v) is 5.34. The average molecular weight is 211 g/mol. The van der Waals surface area contributed by atoms with Crippen molar-refractivity contribution in [3.05, 3.63) is 34.9 Å². The van der Waals surface area contributed by atoms with Crippen molar-refractivity contribution < 1.29 is 8.78 Å². The summed E-state index contributed by atoms with van der Waals surface area (Å²) < 4.78 is 25.1. The summed E-state index contributed by atoms with van der Waals surface area (Å²) in [6.45, 7) is 0. The molecule has 1 aromatic rings. The predicted octanol–water partition coefficient (Wildman–Crippen LogP) is 2.83. The van der Waals surface area contributed by atoms with Crippen LogP contribution in [-0.2, 0) is 12.8 Å². The Hall–Kier alpha value is -0.960. The molecule has 0 spiro atoms. The number of alkyl halides is 2. The lowest BCUT2D eigenvalue weighted by atomic mass is 9.86. The molecule has 2 rings (SSSR count). The summed E-state index contributed by atoms with van der Waals surface area (Å²) in [6, 6.07) is 4.47. The van der Waals surface area contributed by atoms with Crippen molar-refractivity contribution >= 4 is 0 Å². The van der Waals surface area contributed by atoms with Gasteiger partial charge in [-0.15, -0.1) is 0 Å². The molecule has 0 aliphatic heterocycles. The Morgan fingerprint density at radius 1 is 1.13 bits per heavy atom. The smallest absolute Gasteiger partial charge is 0.257 e. The van der Waals surface area contributed by atoms with Crippen molar-refractivity contribution in [2.75, 3.05) is 0 Å². The second kappa shape index (κ2) is 4.27. The molecule has 0 aromatic heterocycles. The fourth-order valence-electron chi connectivity index (χ4n) is 2.26. The van der Waals surface area contributed by atoms with Crippen molar-refractivity contribution in [3.63, 3.8) is 0 Å². The van der Waals surface area contributed by atoms with Gasteiger partial charge < -0.3 is 5.73 Å². The SMILES string of the molecule is NC(c1cccc2c1CCCC2)C(F)F. The number of fused-ring (bicyclic) bond motifs is 1. The Balaban J connectivity index is 2.39. The molecular formula is C12H15F2N. The van der Waals surface area contributed by atoms with Crippen LogP contribution < -0.4 is 5.73 Å². The van der Waals surface area contributed by atoms with Crippen LogP contribution in [-0.4, -0.2) is 6.43 Å². The maximum atomic E-state index is 12.6. The summed E-state index contributed by atoms with van der Waals surface area (Å²) in [7, 11) is 0. The van der Waals surface area contributed by atoms with Crippen LogP contribution in [0.25, 0.3) is 0 Å². The molecule has 1 aliphatic carbocycles. The third kappa shape index (κ3) is 2.02. The first-order valence-electron chi connectivity index (χ1n) is 5.34. The van der Waals surface area contributed by atoms with Crippen LogP contribution in [0, 0.1) is 0 Å². The molecule has 0 bridgehead atoms. The summed E-state index contributed by atoms with van der Waals surface area (Å²) in [5.74, 6) is 0. The molecular weight excluding hydrogens is 196 g/mol. The number of hydrogen-bond acceptors (Lipinski definition) is 1. The van der Waals surface area contributed by atoms with Crippen LogP contribution in [0.15, 0.2) is 18.2 Å². The molecule has 1 atom stereocenters. The topological polar surface area (TPSA) is 26.0 Å². The van der Waals surface area contributed by atoms with Crippen molar-refractivity contribution in [1.82, 2.24) is 0 Å². The molecule has 82 valence electrons. The van der Waals surface area contributed by atoms with Crippen LogP contribution >= 0.6 is 0 Å². The van der Waals surface area contributed by atoms with E-state index in [4.69, 9.17) is 5.73 Å². The Kier molecular flexibility index (Phi) is 3.00. The van der Waals surface area contributed by atoms with E-state index in [1.807, 2.05) is 12.1 Å². The summed E-state index contributed by atoms with van der Waals surface area (Å²) in [5, 5.41) is 0. The zero-order valence-electron chi connectivity index (χ0n) is 8.55. The normalized spacial score (nSPS) is 17.6. The predicted molar refractivity (Wildman–Crippen MR) is 56.0 cm³/mol. The highest BCUT2D eigenvalue weighted by Gasteiger charge is 2.22. The van der Waals surface area contributed by atoms with Crippen LogP contribution in [0.1, 0.15) is 35.6 Å². The van der Waals surface area contributed by atoms with Gasteiger partial charge in [0.2, 0.25) is 0 Å². The summed E-state index contributed by atoms with van der Waals surface area (Å²) in [4.78, 5) is 0. The summed E-state index contributed by atoms with van der Waals surface area (Å²) in [5.41, 5.74) is 8.42. The van der Waals surface area contributed by atoms with Crippen molar-refractivity contribution in [3.8, 4) is 0 Å². The van der Waals surface area contributed by atoms with Crippen LogP contribution in [0.5, 0.6) is 0 Å². The van der Waals surface area contributed by atoms with Crippen LogP contribution in [0.2, 0.25) is 0 Å². The van der Waals surface area contributed by atoms with Crippen molar-refractivity contribution in [2.24, 2.45) is 5.73 Å². The van der Waals surface area contributed by atoms with Gasteiger partial charge in [-0.1, -0.05) is 18.2 Å². The molecule has 15 heavy (non-hydrogen) atoms. The lowest BCUT2D eigenvalue weighted by Crippen LogP contribution is -2.22. The van der Waals surface area contributed by atoms with Crippen LogP contribution in [0.3, 0.4) is 0 Å². The van der Waals surface area contributed by atoms with Crippen molar-refractivity contribution in [2.45, 2.75) is 38.2 Å². The zero-order chi connectivity index (χ0) is 10.8. The monoisotopic (exact) mass is 211 g/mol. The van der Waals surface area contributed by atoms with E-state index in [0.717, 1.165) is 31.2 Å². The number of halogens is 2. The maximum Gasteiger partial charge on any atom is 0.257 e. The highest BCUT2D eigenvalue weighted by Crippen LogP contribution is 2.29. The number of aryl methyl sites for hydroxylation is 1. The van der Waals surface area contributed by atoms with E-state index in [1.54, 1.807) is 6.07 Å². The van der Waals surface area contributed by atoms with Gasteiger partial charge in [-0.25, -0.2) is 8.78 Å². The number of nitrogens with two attached hydrogens (primary N) is 1. The number of benzene rings is 1. The van der Waals surface area contributed by atoms with Crippen LogP contribution in [0.4, 0.5) is 8.78 Å². The number of hydrogen-bond donors (Lipinski definition) is 1. The molecule has 1 aromatic carbocycles. The van der Waals surface area contributed by atoms with Gasteiger partial charge >= 0.3 is 0 Å². The van der Waals surface area contributed by atoms with Gasteiger partial charge in [0.25, 0.3) is 6.43 Å². The van der Waals surface area contributed by atoms with Gasteiger partial charge in [0.05, 0.1) is 6.04 Å². The minimum Gasteiger partial charge on any atom is -0.319 e. The third-order valence-corrected chi connectivity index (χ3v) is 3.06. The molecule has 1 nitrogen and oxygen atoms in total. The van der Waals surface area contributed by atoms with E-state index in [0.29, 0.717) is 5.56 Å². The standard InChI is InChI=1S/C12H15F2N/c13-12(14)11(15)10-7-3-5-8-4-1-2-6-9(8)10/h3,5,7,11-12H,1-2,4,6,15H2. The second-order valence-corrected chi connectivity index (χ2v) is 4.05. The molecule has 3 heteroatoms. The minimum atomic E-state index is -2.47. The first-order chi connectivity index (χ1) is 7.20. The highest BCUT2D eigenvalue weighted by molar-refractivity contribution is 5.39. The van der Waals surface area contributed by atoms with E-state index in [9.17, 15) is 8.78 Å². The van der Waals surface area contributed by atoms with E-state index in [2.05, 4.69) is 0 Å². The second-order valence-electron chi connectivity index (χ2n) is 4.05. The average Bonchev–Trinajstić information content (AvgIpc) is 2.27. The van der Waals surface area contributed by atoms with Gasteiger partial charge in [-0.05, 0) is 42.4 Å². The fraction of sp³-hybridized carbons (Fsp3) is 0.500. The molecule has 0 amide bonds. The summed E-state index contributed by atoms with van der Waals surface area (Å²) in [6.07, 6.45) is 1.66. The third-order valence-electron chi connectivity index (χ3n) is 3.06. The Labute approximate surface area is 88.3 Å². The minimum absolute atomic E-state index is 0.641. The fourth-order valence-corrected chi connectivity index (χ4v) is 2.26. The van der Waals surface area contributed by atoms with E-state index < -0.39 is 12.5 Å². The Morgan fingerprint density at radius 3 is 2.60 bits per heavy atom. The van der Waals surface area contributed by atoms with Gasteiger partial charge in [0.15, 0.2) is 0 Å². The Bertz CT molecular complexity index is 349. The van der Waals surface area contributed by atoms with E-state index >= 15 is 0 Å². The Morgan fingerprint density at radius 2 is 1.87 bits per heavy atom.